The number of anilines is 1. The lowest BCUT2D eigenvalue weighted by molar-refractivity contribution is 0.0689. The van der Waals surface area contributed by atoms with Gasteiger partial charge in [0.2, 0.25) is 0 Å². The Morgan fingerprint density at radius 1 is 1.50 bits per heavy atom. The molecule has 1 saturated heterocycles. The minimum absolute atomic E-state index is 0.0245. The Bertz CT molecular complexity index is 363. The Balaban J connectivity index is 1.96. The van der Waals surface area contributed by atoms with Crippen molar-refractivity contribution in [2.24, 2.45) is 0 Å². The number of carboxylic acid groups (broad SMARTS) is 1. The molecule has 0 saturated carbocycles. The van der Waals surface area contributed by atoms with E-state index in [1.807, 2.05) is 11.8 Å². The molecule has 0 amide bonds. The third-order valence-electron chi connectivity index (χ3n) is 2.40. The van der Waals surface area contributed by atoms with Crippen LogP contribution in [-0.2, 0) is 0 Å². The van der Waals surface area contributed by atoms with E-state index in [0.29, 0.717) is 11.9 Å². The lowest BCUT2D eigenvalue weighted by Gasteiger charge is -2.22. The van der Waals surface area contributed by atoms with Crippen molar-refractivity contribution < 1.29 is 9.90 Å². The molecule has 1 aromatic rings. The highest BCUT2D eigenvalue weighted by Crippen LogP contribution is 2.19. The Labute approximate surface area is 97.7 Å². The van der Waals surface area contributed by atoms with Gasteiger partial charge in [-0.1, -0.05) is 0 Å². The zero-order valence-corrected chi connectivity index (χ0v) is 9.54. The van der Waals surface area contributed by atoms with Crippen LogP contribution in [0.2, 0.25) is 0 Å². The standard InChI is InChI=1S/C10H13N3O2S/c14-10(15)8-3-4-9(13-12-8)11-7-2-1-5-16-6-7/h3-4,7H,1-2,5-6H2,(H,11,13)(H,14,15). The molecule has 0 aromatic carbocycles. The van der Waals surface area contributed by atoms with Gasteiger partial charge in [-0.2, -0.15) is 11.8 Å². The third-order valence-corrected chi connectivity index (χ3v) is 3.61. The van der Waals surface area contributed by atoms with E-state index in [1.54, 1.807) is 6.07 Å². The van der Waals surface area contributed by atoms with Crippen molar-refractivity contribution >= 4 is 23.5 Å². The number of aromatic carboxylic acids is 1. The van der Waals surface area contributed by atoms with Gasteiger partial charge in [0, 0.05) is 11.8 Å². The van der Waals surface area contributed by atoms with Crippen molar-refractivity contribution in [1.82, 2.24) is 10.2 Å². The van der Waals surface area contributed by atoms with Crippen LogP contribution in [0.5, 0.6) is 0 Å². The number of aromatic nitrogens is 2. The van der Waals surface area contributed by atoms with Crippen LogP contribution in [0.15, 0.2) is 12.1 Å². The first-order valence-corrected chi connectivity index (χ1v) is 6.32. The van der Waals surface area contributed by atoms with Crippen LogP contribution >= 0.6 is 11.8 Å². The summed E-state index contributed by atoms with van der Waals surface area (Å²) in [5.74, 6) is 1.90. The van der Waals surface area contributed by atoms with Crippen LogP contribution in [0.4, 0.5) is 5.82 Å². The maximum absolute atomic E-state index is 10.6. The second-order valence-corrected chi connectivity index (χ2v) is 4.82. The van der Waals surface area contributed by atoms with Crippen molar-refractivity contribution in [3.63, 3.8) is 0 Å². The van der Waals surface area contributed by atoms with E-state index in [-0.39, 0.29) is 5.69 Å². The van der Waals surface area contributed by atoms with Gasteiger partial charge in [-0.25, -0.2) is 4.79 Å². The quantitative estimate of drug-likeness (QED) is 0.832. The second-order valence-electron chi connectivity index (χ2n) is 3.67. The number of hydrogen-bond acceptors (Lipinski definition) is 5. The van der Waals surface area contributed by atoms with Crippen LogP contribution < -0.4 is 5.32 Å². The summed E-state index contributed by atoms with van der Waals surface area (Å²) in [7, 11) is 0. The molecule has 0 bridgehead atoms. The lowest BCUT2D eigenvalue weighted by atomic mass is 10.2. The fourth-order valence-corrected chi connectivity index (χ4v) is 2.66. The lowest BCUT2D eigenvalue weighted by Crippen LogP contribution is -2.26. The van der Waals surface area contributed by atoms with E-state index in [0.717, 1.165) is 12.2 Å². The monoisotopic (exact) mass is 239 g/mol. The Morgan fingerprint density at radius 2 is 2.38 bits per heavy atom. The Hall–Kier alpha value is -1.30. The molecule has 1 aromatic heterocycles. The molecule has 1 aliphatic rings. The molecule has 1 unspecified atom stereocenters. The normalized spacial score (nSPS) is 20.4. The van der Waals surface area contributed by atoms with Crippen molar-refractivity contribution in [2.75, 3.05) is 16.8 Å². The number of rotatable bonds is 3. The van der Waals surface area contributed by atoms with E-state index in [1.165, 1.54) is 18.2 Å². The maximum Gasteiger partial charge on any atom is 0.356 e. The van der Waals surface area contributed by atoms with Crippen molar-refractivity contribution in [2.45, 2.75) is 18.9 Å². The Morgan fingerprint density at radius 3 is 2.94 bits per heavy atom. The fourth-order valence-electron chi connectivity index (χ4n) is 1.59. The van der Waals surface area contributed by atoms with Crippen molar-refractivity contribution in [1.29, 1.82) is 0 Å². The van der Waals surface area contributed by atoms with E-state index >= 15 is 0 Å². The molecule has 0 radical (unpaired) electrons. The molecule has 86 valence electrons. The molecule has 16 heavy (non-hydrogen) atoms. The number of nitrogens with one attached hydrogen (secondary N) is 1. The summed E-state index contributed by atoms with van der Waals surface area (Å²) in [5, 5.41) is 19.4. The molecule has 0 spiro atoms. The molecule has 0 aliphatic carbocycles. The average Bonchev–Trinajstić information content (AvgIpc) is 2.31. The zero-order chi connectivity index (χ0) is 11.4. The third kappa shape index (κ3) is 2.85. The number of nitrogens with zero attached hydrogens (tertiary/aromatic N) is 2. The molecule has 1 aliphatic heterocycles. The SMILES string of the molecule is O=C(O)c1ccc(NC2CCCSC2)nn1. The highest BCUT2D eigenvalue weighted by Gasteiger charge is 2.14. The van der Waals surface area contributed by atoms with Crippen LogP contribution in [0.1, 0.15) is 23.3 Å². The number of carbonyl (C=O) groups is 1. The largest absolute Gasteiger partial charge is 0.476 e. The predicted molar refractivity (Wildman–Crippen MR) is 63.0 cm³/mol. The molecule has 2 rings (SSSR count). The molecule has 2 N–H and O–H groups in total. The first-order valence-electron chi connectivity index (χ1n) is 5.17. The van der Waals surface area contributed by atoms with E-state index < -0.39 is 5.97 Å². The topological polar surface area (TPSA) is 75.1 Å². The molecule has 1 atom stereocenters. The molecule has 1 fully saturated rings. The van der Waals surface area contributed by atoms with Gasteiger partial charge < -0.3 is 10.4 Å². The first-order chi connectivity index (χ1) is 7.75. The van der Waals surface area contributed by atoms with E-state index in [9.17, 15) is 4.79 Å². The summed E-state index contributed by atoms with van der Waals surface area (Å²) in [6.07, 6.45) is 2.35. The summed E-state index contributed by atoms with van der Waals surface area (Å²) in [4.78, 5) is 10.6. The zero-order valence-electron chi connectivity index (χ0n) is 8.72. The van der Waals surface area contributed by atoms with Gasteiger partial charge in [-0.15, -0.1) is 10.2 Å². The van der Waals surface area contributed by atoms with Gasteiger partial charge in [0.25, 0.3) is 0 Å². The van der Waals surface area contributed by atoms with Crippen molar-refractivity contribution in [3.05, 3.63) is 17.8 Å². The van der Waals surface area contributed by atoms with Crippen LogP contribution in [0.3, 0.4) is 0 Å². The summed E-state index contributed by atoms with van der Waals surface area (Å²) in [5.41, 5.74) is -0.0245. The van der Waals surface area contributed by atoms with Crippen LogP contribution in [0.25, 0.3) is 0 Å². The molecule has 2 heterocycles. The minimum Gasteiger partial charge on any atom is -0.476 e. The number of thioether (sulfide) groups is 1. The molecular formula is C10H13N3O2S. The Kier molecular flexibility index (Phi) is 3.61. The molecule has 6 heteroatoms. The second kappa shape index (κ2) is 5.16. The highest BCUT2D eigenvalue weighted by atomic mass is 32.2. The maximum atomic E-state index is 10.6. The van der Waals surface area contributed by atoms with Crippen LogP contribution in [-0.4, -0.2) is 38.8 Å². The number of carboxylic acids is 1. The molecule has 5 nitrogen and oxygen atoms in total. The minimum atomic E-state index is -1.05. The summed E-state index contributed by atoms with van der Waals surface area (Å²) >= 11 is 1.93. The van der Waals surface area contributed by atoms with Gasteiger partial charge in [0.05, 0.1) is 0 Å². The smallest absolute Gasteiger partial charge is 0.356 e. The van der Waals surface area contributed by atoms with Gasteiger partial charge in [0.1, 0.15) is 5.82 Å². The van der Waals surface area contributed by atoms with Gasteiger partial charge in [0.15, 0.2) is 5.69 Å². The van der Waals surface area contributed by atoms with Gasteiger partial charge in [-0.3, -0.25) is 0 Å². The number of hydrogen-bond donors (Lipinski definition) is 2. The van der Waals surface area contributed by atoms with Crippen molar-refractivity contribution in [3.8, 4) is 0 Å². The fraction of sp³-hybridized carbons (Fsp3) is 0.500. The van der Waals surface area contributed by atoms with E-state index in [4.69, 9.17) is 5.11 Å². The van der Waals surface area contributed by atoms with E-state index in [2.05, 4.69) is 15.5 Å². The summed E-state index contributed by atoms with van der Waals surface area (Å²) < 4.78 is 0. The summed E-state index contributed by atoms with van der Waals surface area (Å²) in [6, 6.07) is 3.55. The highest BCUT2D eigenvalue weighted by molar-refractivity contribution is 7.99. The predicted octanol–water partition coefficient (Wildman–Crippen LogP) is 1.48. The van der Waals surface area contributed by atoms with Gasteiger partial charge in [-0.05, 0) is 30.7 Å². The summed E-state index contributed by atoms with van der Waals surface area (Å²) in [6.45, 7) is 0. The first kappa shape index (κ1) is 11.2. The van der Waals surface area contributed by atoms with Gasteiger partial charge >= 0.3 is 5.97 Å². The average molecular weight is 239 g/mol. The molecular weight excluding hydrogens is 226 g/mol. The van der Waals surface area contributed by atoms with Crippen LogP contribution in [0, 0.1) is 0 Å².